The molecular formula is C9H11NO2S. The predicted octanol–water partition coefficient (Wildman–Crippen LogP) is 1.12. The lowest BCUT2D eigenvalue weighted by atomic mass is 10.1. The fraction of sp³-hybridized carbons (Fsp3) is 0.111. The Morgan fingerprint density at radius 3 is 2.54 bits per heavy atom. The molecule has 0 atom stereocenters. The summed E-state index contributed by atoms with van der Waals surface area (Å²) in [5.41, 5.74) is 1.48. The molecule has 3 nitrogen and oxygen atoms in total. The van der Waals surface area contributed by atoms with Gasteiger partial charge in [-0.05, 0) is 11.1 Å². The van der Waals surface area contributed by atoms with Crippen molar-refractivity contribution in [2.24, 2.45) is 5.14 Å². The summed E-state index contributed by atoms with van der Waals surface area (Å²) in [4.78, 5) is 0. The highest BCUT2D eigenvalue weighted by molar-refractivity contribution is 7.88. The Bertz CT molecular complexity index is 409. The number of nitrogens with two attached hydrogens (primary N) is 1. The molecule has 13 heavy (non-hydrogen) atoms. The van der Waals surface area contributed by atoms with Crippen LogP contribution in [0.5, 0.6) is 0 Å². The number of hydrogen-bond donors (Lipinski definition) is 1. The smallest absolute Gasteiger partial charge is 0.213 e. The van der Waals surface area contributed by atoms with Gasteiger partial charge in [0, 0.05) is 0 Å². The summed E-state index contributed by atoms with van der Waals surface area (Å²) in [6.45, 7) is 3.59. The van der Waals surface area contributed by atoms with Crippen molar-refractivity contribution >= 4 is 16.1 Å². The van der Waals surface area contributed by atoms with Crippen molar-refractivity contribution in [2.75, 3.05) is 0 Å². The first-order chi connectivity index (χ1) is 6.03. The number of benzene rings is 1. The van der Waals surface area contributed by atoms with Crippen LogP contribution in [0.25, 0.3) is 6.08 Å². The van der Waals surface area contributed by atoms with Gasteiger partial charge in [0.2, 0.25) is 10.0 Å². The molecule has 0 aliphatic heterocycles. The Hall–Kier alpha value is -1.13. The van der Waals surface area contributed by atoms with Crippen molar-refractivity contribution in [3.05, 3.63) is 42.0 Å². The van der Waals surface area contributed by atoms with Gasteiger partial charge in [0.25, 0.3) is 0 Å². The van der Waals surface area contributed by atoms with E-state index in [0.29, 0.717) is 5.56 Å². The molecule has 0 bridgehead atoms. The van der Waals surface area contributed by atoms with Gasteiger partial charge < -0.3 is 0 Å². The predicted molar refractivity (Wildman–Crippen MR) is 53.3 cm³/mol. The highest BCUT2D eigenvalue weighted by Gasteiger charge is 2.06. The summed E-state index contributed by atoms with van der Waals surface area (Å²) in [6.07, 6.45) is 1.61. The van der Waals surface area contributed by atoms with E-state index in [2.05, 4.69) is 6.58 Å². The molecule has 0 spiro atoms. The van der Waals surface area contributed by atoms with Gasteiger partial charge in [-0.1, -0.05) is 36.9 Å². The largest absolute Gasteiger partial charge is 0.228 e. The Labute approximate surface area is 77.9 Å². The lowest BCUT2D eigenvalue weighted by molar-refractivity contribution is 0.597. The van der Waals surface area contributed by atoms with Crippen molar-refractivity contribution in [3.63, 3.8) is 0 Å². The van der Waals surface area contributed by atoms with E-state index >= 15 is 0 Å². The quantitative estimate of drug-likeness (QED) is 0.789. The zero-order chi connectivity index (χ0) is 9.90. The average molecular weight is 197 g/mol. The standard InChI is InChI=1S/C9H11NO2S/c1-2-8-5-3-4-6-9(8)7-13(10,11)12/h2-6H,1,7H2,(H2,10,11,12). The van der Waals surface area contributed by atoms with Gasteiger partial charge >= 0.3 is 0 Å². The van der Waals surface area contributed by atoms with Gasteiger partial charge in [0.1, 0.15) is 0 Å². The van der Waals surface area contributed by atoms with Crippen molar-refractivity contribution in [1.82, 2.24) is 0 Å². The summed E-state index contributed by atoms with van der Waals surface area (Å²) in [6, 6.07) is 7.12. The first kappa shape index (κ1) is 9.95. The summed E-state index contributed by atoms with van der Waals surface area (Å²) in [5, 5.41) is 4.93. The summed E-state index contributed by atoms with van der Waals surface area (Å²) >= 11 is 0. The third-order valence-electron chi connectivity index (χ3n) is 1.63. The molecule has 70 valence electrons. The molecule has 1 aromatic carbocycles. The first-order valence-electron chi connectivity index (χ1n) is 3.74. The normalized spacial score (nSPS) is 11.2. The highest BCUT2D eigenvalue weighted by Crippen LogP contribution is 2.11. The third kappa shape index (κ3) is 3.01. The molecule has 1 rings (SSSR count). The molecular weight excluding hydrogens is 186 g/mol. The van der Waals surface area contributed by atoms with Gasteiger partial charge in [-0.2, -0.15) is 0 Å². The van der Waals surface area contributed by atoms with Crippen molar-refractivity contribution < 1.29 is 8.42 Å². The van der Waals surface area contributed by atoms with Crippen LogP contribution in [0, 0.1) is 0 Å². The van der Waals surface area contributed by atoms with Crippen LogP contribution in [0.3, 0.4) is 0 Å². The lowest BCUT2D eigenvalue weighted by Gasteiger charge is -2.02. The molecule has 4 heteroatoms. The van der Waals surface area contributed by atoms with Gasteiger partial charge in [-0.3, -0.25) is 0 Å². The second-order valence-corrected chi connectivity index (χ2v) is 4.32. The van der Waals surface area contributed by atoms with Crippen LogP contribution >= 0.6 is 0 Å². The van der Waals surface area contributed by atoms with E-state index in [4.69, 9.17) is 5.14 Å². The van der Waals surface area contributed by atoms with Gasteiger partial charge in [0.05, 0.1) is 5.75 Å². The monoisotopic (exact) mass is 197 g/mol. The maximum atomic E-state index is 10.8. The molecule has 0 fully saturated rings. The van der Waals surface area contributed by atoms with Gasteiger partial charge in [-0.15, -0.1) is 0 Å². The minimum Gasteiger partial charge on any atom is -0.228 e. The lowest BCUT2D eigenvalue weighted by Crippen LogP contribution is -2.15. The van der Waals surface area contributed by atoms with Gasteiger partial charge in [-0.25, -0.2) is 13.6 Å². The van der Waals surface area contributed by atoms with Crippen molar-refractivity contribution in [1.29, 1.82) is 0 Å². The third-order valence-corrected chi connectivity index (χ3v) is 2.35. The Morgan fingerprint density at radius 2 is 2.00 bits per heavy atom. The molecule has 0 aliphatic carbocycles. The molecule has 1 aromatic rings. The number of rotatable bonds is 3. The molecule has 0 aliphatic rings. The van der Waals surface area contributed by atoms with Crippen molar-refractivity contribution in [3.8, 4) is 0 Å². The molecule has 0 saturated carbocycles. The van der Waals surface area contributed by atoms with Crippen LogP contribution in [0.4, 0.5) is 0 Å². The fourth-order valence-corrected chi connectivity index (χ4v) is 1.78. The summed E-state index contributed by atoms with van der Waals surface area (Å²) < 4.78 is 21.6. The number of primary sulfonamides is 1. The van der Waals surface area contributed by atoms with Crippen LogP contribution in [0.15, 0.2) is 30.8 Å². The summed E-state index contributed by atoms with van der Waals surface area (Å²) in [7, 11) is -3.46. The van der Waals surface area contributed by atoms with Crippen LogP contribution < -0.4 is 5.14 Å². The molecule has 0 amide bonds. The van der Waals surface area contributed by atoms with Crippen LogP contribution in [-0.4, -0.2) is 8.42 Å². The van der Waals surface area contributed by atoms with Crippen molar-refractivity contribution in [2.45, 2.75) is 5.75 Å². The molecule has 2 N–H and O–H groups in total. The van der Waals surface area contributed by atoms with E-state index in [0.717, 1.165) is 5.56 Å². The van der Waals surface area contributed by atoms with E-state index in [1.807, 2.05) is 6.07 Å². The van der Waals surface area contributed by atoms with E-state index in [1.54, 1.807) is 24.3 Å². The maximum absolute atomic E-state index is 10.8. The Morgan fingerprint density at radius 1 is 1.38 bits per heavy atom. The SMILES string of the molecule is C=Cc1ccccc1CS(N)(=O)=O. The average Bonchev–Trinajstić information content (AvgIpc) is 2.02. The minimum atomic E-state index is -3.46. The topological polar surface area (TPSA) is 60.2 Å². The Balaban J connectivity index is 3.08. The van der Waals surface area contributed by atoms with E-state index in [1.165, 1.54) is 0 Å². The molecule has 0 unspecified atom stereocenters. The van der Waals surface area contributed by atoms with Crippen LogP contribution in [0.1, 0.15) is 11.1 Å². The van der Waals surface area contributed by atoms with E-state index in [-0.39, 0.29) is 5.75 Å². The second kappa shape index (κ2) is 3.72. The zero-order valence-corrected chi connectivity index (χ0v) is 7.92. The van der Waals surface area contributed by atoms with Crippen LogP contribution in [0.2, 0.25) is 0 Å². The molecule has 0 aromatic heterocycles. The number of hydrogen-bond acceptors (Lipinski definition) is 2. The maximum Gasteiger partial charge on any atom is 0.213 e. The zero-order valence-electron chi connectivity index (χ0n) is 7.10. The second-order valence-electron chi connectivity index (χ2n) is 2.71. The number of sulfonamides is 1. The minimum absolute atomic E-state index is 0.144. The Kier molecular flexibility index (Phi) is 2.85. The van der Waals surface area contributed by atoms with E-state index < -0.39 is 10.0 Å². The van der Waals surface area contributed by atoms with Gasteiger partial charge in [0.15, 0.2) is 0 Å². The van der Waals surface area contributed by atoms with E-state index in [9.17, 15) is 8.42 Å². The summed E-state index contributed by atoms with van der Waals surface area (Å²) in [5.74, 6) is -0.144. The molecule has 0 saturated heterocycles. The highest BCUT2D eigenvalue weighted by atomic mass is 32.2. The molecule has 0 radical (unpaired) electrons. The van der Waals surface area contributed by atoms with Crippen LogP contribution in [-0.2, 0) is 15.8 Å². The first-order valence-corrected chi connectivity index (χ1v) is 5.45. The molecule has 0 heterocycles. The fourth-order valence-electron chi connectivity index (χ4n) is 1.08.